The lowest BCUT2D eigenvalue weighted by molar-refractivity contribution is -0.122. The van der Waals surface area contributed by atoms with E-state index in [9.17, 15) is 9.59 Å². The predicted octanol–water partition coefficient (Wildman–Crippen LogP) is 4.83. The summed E-state index contributed by atoms with van der Waals surface area (Å²) >= 11 is 0. The zero-order valence-electron chi connectivity index (χ0n) is 16.2. The largest absolute Gasteiger partial charge is 0.481 e. The molecule has 0 aliphatic heterocycles. The van der Waals surface area contributed by atoms with E-state index in [1.807, 2.05) is 24.3 Å². The molecular weight excluding hydrogens is 364 g/mol. The molecule has 0 fully saturated rings. The third-order valence-electron chi connectivity index (χ3n) is 4.44. The van der Waals surface area contributed by atoms with E-state index in [0.29, 0.717) is 22.6 Å². The Labute approximate surface area is 169 Å². The number of rotatable bonds is 6. The molecule has 0 aliphatic carbocycles. The average Bonchev–Trinajstić information content (AvgIpc) is 2.74. The molecule has 5 heteroatoms. The fourth-order valence-electron chi connectivity index (χ4n) is 2.75. The van der Waals surface area contributed by atoms with Crippen LogP contribution in [0.5, 0.6) is 5.75 Å². The summed E-state index contributed by atoms with van der Waals surface area (Å²) in [6.07, 6.45) is -0.691. The molecule has 1 unspecified atom stereocenters. The minimum absolute atomic E-state index is 0.0240. The maximum Gasteiger partial charge on any atom is 0.265 e. The molecule has 0 aromatic heterocycles. The number of carbonyl (C=O) groups excluding carboxylic acids is 2. The Bertz CT molecular complexity index is 1050. The van der Waals surface area contributed by atoms with Gasteiger partial charge in [-0.05, 0) is 73.5 Å². The number of Topliss-reactive ketones (excluding diaryl/α,β-unsaturated/α-hetero) is 1. The van der Waals surface area contributed by atoms with Gasteiger partial charge in [-0.25, -0.2) is 0 Å². The van der Waals surface area contributed by atoms with E-state index in [-0.39, 0.29) is 11.7 Å². The molecule has 0 saturated carbocycles. The van der Waals surface area contributed by atoms with Gasteiger partial charge >= 0.3 is 0 Å². The maximum atomic E-state index is 12.4. The van der Waals surface area contributed by atoms with Crippen LogP contribution in [0.1, 0.15) is 29.8 Å². The second-order valence-corrected chi connectivity index (χ2v) is 6.60. The Morgan fingerprint density at radius 1 is 0.897 bits per heavy atom. The summed E-state index contributed by atoms with van der Waals surface area (Å²) in [7, 11) is 0. The first kappa shape index (κ1) is 19.8. The number of nitrogens with one attached hydrogen (secondary N) is 1. The average molecular weight is 384 g/mol. The van der Waals surface area contributed by atoms with Crippen LogP contribution in [0.25, 0.3) is 11.1 Å². The van der Waals surface area contributed by atoms with Gasteiger partial charge in [-0.3, -0.25) is 9.59 Å². The third kappa shape index (κ3) is 5.08. The van der Waals surface area contributed by atoms with Crippen molar-refractivity contribution in [1.29, 1.82) is 5.26 Å². The number of nitriles is 1. The van der Waals surface area contributed by atoms with E-state index < -0.39 is 6.10 Å². The molecule has 144 valence electrons. The minimum Gasteiger partial charge on any atom is -0.481 e. The fourth-order valence-corrected chi connectivity index (χ4v) is 2.75. The second-order valence-electron chi connectivity index (χ2n) is 6.60. The van der Waals surface area contributed by atoms with Gasteiger partial charge < -0.3 is 10.1 Å². The molecule has 1 atom stereocenters. The number of hydrogen-bond acceptors (Lipinski definition) is 4. The molecule has 3 rings (SSSR count). The van der Waals surface area contributed by atoms with Crippen LogP contribution in [-0.4, -0.2) is 17.8 Å². The highest BCUT2D eigenvalue weighted by molar-refractivity contribution is 5.96. The van der Waals surface area contributed by atoms with E-state index in [1.165, 1.54) is 6.92 Å². The van der Waals surface area contributed by atoms with Crippen molar-refractivity contribution in [2.75, 3.05) is 5.32 Å². The van der Waals surface area contributed by atoms with E-state index >= 15 is 0 Å². The smallest absolute Gasteiger partial charge is 0.265 e. The van der Waals surface area contributed by atoms with Crippen molar-refractivity contribution in [3.63, 3.8) is 0 Å². The van der Waals surface area contributed by atoms with Crippen LogP contribution in [0.15, 0.2) is 72.8 Å². The van der Waals surface area contributed by atoms with Gasteiger partial charge in [0.2, 0.25) is 0 Å². The number of benzene rings is 3. The van der Waals surface area contributed by atoms with Crippen LogP contribution in [-0.2, 0) is 4.79 Å². The number of anilines is 1. The number of carbonyl (C=O) groups is 2. The van der Waals surface area contributed by atoms with Crippen LogP contribution < -0.4 is 10.1 Å². The number of nitrogens with zero attached hydrogens (tertiary/aromatic N) is 1. The van der Waals surface area contributed by atoms with Gasteiger partial charge in [-0.15, -0.1) is 0 Å². The highest BCUT2D eigenvalue weighted by atomic mass is 16.5. The van der Waals surface area contributed by atoms with Gasteiger partial charge in [0.05, 0.1) is 11.6 Å². The lowest BCUT2D eigenvalue weighted by Gasteiger charge is -2.15. The summed E-state index contributed by atoms with van der Waals surface area (Å²) in [6.45, 7) is 3.17. The van der Waals surface area contributed by atoms with E-state index in [1.54, 1.807) is 55.5 Å². The Balaban J connectivity index is 1.60. The van der Waals surface area contributed by atoms with Gasteiger partial charge in [0.1, 0.15) is 5.75 Å². The molecule has 0 radical (unpaired) electrons. The second kappa shape index (κ2) is 8.85. The van der Waals surface area contributed by atoms with Crippen molar-refractivity contribution >= 4 is 17.4 Å². The van der Waals surface area contributed by atoms with Gasteiger partial charge in [0, 0.05) is 11.3 Å². The number of hydrogen-bond donors (Lipinski definition) is 1. The quantitative estimate of drug-likeness (QED) is 0.617. The zero-order chi connectivity index (χ0) is 20.8. The summed E-state index contributed by atoms with van der Waals surface area (Å²) in [5.41, 5.74) is 3.80. The van der Waals surface area contributed by atoms with Crippen molar-refractivity contribution in [1.82, 2.24) is 0 Å². The highest BCUT2D eigenvalue weighted by Crippen LogP contribution is 2.23. The molecule has 29 heavy (non-hydrogen) atoms. The van der Waals surface area contributed by atoms with Gasteiger partial charge in [-0.1, -0.05) is 24.3 Å². The third-order valence-corrected chi connectivity index (χ3v) is 4.44. The van der Waals surface area contributed by atoms with Crippen LogP contribution >= 0.6 is 0 Å². The van der Waals surface area contributed by atoms with E-state index in [0.717, 1.165) is 11.1 Å². The summed E-state index contributed by atoms with van der Waals surface area (Å²) < 4.78 is 5.73. The van der Waals surface area contributed by atoms with Crippen LogP contribution in [0.4, 0.5) is 5.69 Å². The summed E-state index contributed by atoms with van der Waals surface area (Å²) in [4.78, 5) is 23.7. The Morgan fingerprint density at radius 3 is 1.97 bits per heavy atom. The molecular formula is C24H20N2O3. The minimum atomic E-state index is -0.691. The van der Waals surface area contributed by atoms with Crippen molar-refractivity contribution in [2.24, 2.45) is 0 Å². The van der Waals surface area contributed by atoms with Crippen LogP contribution in [0.3, 0.4) is 0 Å². The Kier molecular flexibility index (Phi) is 6.06. The topological polar surface area (TPSA) is 79.2 Å². The summed E-state index contributed by atoms with van der Waals surface area (Å²) in [6, 6.07) is 23.6. The first-order chi connectivity index (χ1) is 14.0. The molecule has 0 saturated heterocycles. The molecule has 1 amide bonds. The molecule has 0 heterocycles. The lowest BCUT2D eigenvalue weighted by Crippen LogP contribution is -2.30. The predicted molar refractivity (Wildman–Crippen MR) is 112 cm³/mol. The molecule has 3 aromatic rings. The first-order valence-electron chi connectivity index (χ1n) is 9.15. The maximum absolute atomic E-state index is 12.4. The molecule has 3 aromatic carbocycles. The van der Waals surface area contributed by atoms with Crippen molar-refractivity contribution in [2.45, 2.75) is 20.0 Å². The Hall–Kier alpha value is -3.91. The van der Waals surface area contributed by atoms with E-state index in [4.69, 9.17) is 10.00 Å². The zero-order valence-corrected chi connectivity index (χ0v) is 16.2. The summed E-state index contributed by atoms with van der Waals surface area (Å²) in [5, 5.41) is 11.7. The normalized spacial score (nSPS) is 11.2. The first-order valence-corrected chi connectivity index (χ1v) is 9.15. The SMILES string of the molecule is CC(=O)c1ccc(NC(=O)C(C)Oc2ccc(-c3ccc(C#N)cc3)cc2)cc1. The Morgan fingerprint density at radius 2 is 1.45 bits per heavy atom. The number of amides is 1. The molecule has 1 N–H and O–H groups in total. The van der Waals surface area contributed by atoms with Gasteiger partial charge in [-0.2, -0.15) is 5.26 Å². The monoisotopic (exact) mass is 384 g/mol. The van der Waals surface area contributed by atoms with E-state index in [2.05, 4.69) is 11.4 Å². The lowest BCUT2D eigenvalue weighted by atomic mass is 10.0. The highest BCUT2D eigenvalue weighted by Gasteiger charge is 2.15. The summed E-state index contributed by atoms with van der Waals surface area (Å²) in [5.74, 6) is 0.276. The van der Waals surface area contributed by atoms with Crippen LogP contribution in [0, 0.1) is 11.3 Å². The van der Waals surface area contributed by atoms with Gasteiger partial charge in [0.25, 0.3) is 5.91 Å². The van der Waals surface area contributed by atoms with Crippen molar-refractivity contribution in [3.8, 4) is 22.9 Å². The molecule has 5 nitrogen and oxygen atoms in total. The van der Waals surface area contributed by atoms with Gasteiger partial charge in [0.15, 0.2) is 11.9 Å². The van der Waals surface area contributed by atoms with Crippen molar-refractivity contribution < 1.29 is 14.3 Å². The number of ketones is 1. The molecule has 0 bridgehead atoms. The molecule has 0 aliphatic rings. The van der Waals surface area contributed by atoms with Crippen molar-refractivity contribution in [3.05, 3.63) is 83.9 Å². The molecule has 0 spiro atoms. The van der Waals surface area contributed by atoms with Crippen LogP contribution in [0.2, 0.25) is 0 Å². The fraction of sp³-hybridized carbons (Fsp3) is 0.125. The standard InChI is InChI=1S/C24H20N2O3/c1-16(27)19-7-11-22(12-8-19)26-24(28)17(2)29-23-13-9-21(10-14-23)20-5-3-18(15-25)4-6-20/h3-14,17H,1-2H3,(H,26,28). The number of ether oxygens (including phenoxy) is 1.